The smallest absolute Gasteiger partial charge is 0.250 e. The number of carbonyl (C=O) groups excluding carboxylic acids is 1. The second-order valence-corrected chi connectivity index (χ2v) is 5.09. The average molecular weight is 265 g/mol. The predicted molar refractivity (Wildman–Crippen MR) is 77.0 cm³/mol. The van der Waals surface area contributed by atoms with Crippen LogP contribution in [0, 0.1) is 11.8 Å². The van der Waals surface area contributed by atoms with Gasteiger partial charge in [0, 0.05) is 25.4 Å². The number of nitrogens with two attached hydrogens (primary N) is 1. The van der Waals surface area contributed by atoms with Gasteiger partial charge < -0.3 is 15.6 Å². The van der Waals surface area contributed by atoms with Gasteiger partial charge in [0.15, 0.2) is 0 Å². The molecular formula is C14H23N3O2. The first-order chi connectivity index (χ1) is 8.97. The number of pyridine rings is 1. The lowest BCUT2D eigenvalue weighted by molar-refractivity contribution is -0.120. The molecule has 0 fully saturated rings. The molecule has 0 saturated carbocycles. The molecule has 0 bridgehead atoms. The van der Waals surface area contributed by atoms with Crippen molar-refractivity contribution in [3.63, 3.8) is 0 Å². The van der Waals surface area contributed by atoms with Crippen molar-refractivity contribution in [3.05, 3.63) is 28.7 Å². The summed E-state index contributed by atoms with van der Waals surface area (Å²) < 4.78 is 1.55. The van der Waals surface area contributed by atoms with Crippen LogP contribution < -0.4 is 16.6 Å². The van der Waals surface area contributed by atoms with Crippen molar-refractivity contribution in [3.8, 4) is 0 Å². The van der Waals surface area contributed by atoms with Crippen LogP contribution in [-0.2, 0) is 11.3 Å². The van der Waals surface area contributed by atoms with Crippen LogP contribution in [0.1, 0.15) is 27.2 Å². The molecule has 19 heavy (non-hydrogen) atoms. The molecule has 0 aliphatic rings. The molecule has 1 atom stereocenters. The van der Waals surface area contributed by atoms with E-state index in [9.17, 15) is 9.59 Å². The van der Waals surface area contributed by atoms with Crippen LogP contribution in [0.25, 0.3) is 0 Å². The van der Waals surface area contributed by atoms with E-state index >= 15 is 0 Å². The Balaban J connectivity index is 2.78. The third-order valence-electron chi connectivity index (χ3n) is 3.00. The summed E-state index contributed by atoms with van der Waals surface area (Å²) in [6.45, 7) is 6.92. The molecule has 5 heteroatoms. The van der Waals surface area contributed by atoms with Crippen molar-refractivity contribution >= 4 is 11.6 Å². The van der Waals surface area contributed by atoms with Crippen LogP contribution in [0.2, 0.25) is 0 Å². The number of aromatic nitrogens is 1. The first kappa shape index (κ1) is 15.4. The van der Waals surface area contributed by atoms with Gasteiger partial charge in [-0.1, -0.05) is 13.8 Å². The molecule has 0 aliphatic heterocycles. The molecule has 106 valence electrons. The minimum atomic E-state index is -0.193. The van der Waals surface area contributed by atoms with Crippen molar-refractivity contribution in [2.45, 2.75) is 33.7 Å². The van der Waals surface area contributed by atoms with Gasteiger partial charge in [0.05, 0.1) is 11.6 Å². The first-order valence-corrected chi connectivity index (χ1v) is 6.69. The summed E-state index contributed by atoms with van der Waals surface area (Å²) >= 11 is 0. The summed E-state index contributed by atoms with van der Waals surface area (Å²) in [5.41, 5.74) is 6.20. The summed E-state index contributed by atoms with van der Waals surface area (Å²) in [6, 6.07) is 3.08. The normalized spacial score (nSPS) is 12.5. The summed E-state index contributed by atoms with van der Waals surface area (Å²) in [6.07, 6.45) is 2.42. The summed E-state index contributed by atoms with van der Waals surface area (Å²) in [7, 11) is 0. The number of hydrogen-bond acceptors (Lipinski definition) is 3. The van der Waals surface area contributed by atoms with Crippen LogP contribution in [-0.4, -0.2) is 17.0 Å². The fourth-order valence-electron chi connectivity index (χ4n) is 1.98. The Hall–Kier alpha value is -1.62. The van der Waals surface area contributed by atoms with Gasteiger partial charge >= 0.3 is 0 Å². The second kappa shape index (κ2) is 7.09. The highest BCUT2D eigenvalue weighted by atomic mass is 16.2. The topological polar surface area (TPSA) is 77.1 Å². The molecule has 1 amide bonds. The molecule has 5 nitrogen and oxygen atoms in total. The zero-order valence-electron chi connectivity index (χ0n) is 11.8. The summed E-state index contributed by atoms with van der Waals surface area (Å²) in [5.74, 6) is 0.142. The number of nitrogens with zero attached hydrogens (tertiary/aromatic N) is 1. The predicted octanol–water partition coefficient (Wildman–Crippen LogP) is 1.43. The molecular weight excluding hydrogens is 242 g/mol. The Bertz CT molecular complexity index is 480. The first-order valence-electron chi connectivity index (χ1n) is 6.69. The SMILES string of the molecule is CCn1cc(NC(=O)C(CN)CC(C)C)ccc1=O. The zero-order valence-corrected chi connectivity index (χ0v) is 11.8. The minimum Gasteiger partial charge on any atom is -0.330 e. The molecule has 1 heterocycles. The lowest BCUT2D eigenvalue weighted by Gasteiger charge is -2.17. The van der Waals surface area contributed by atoms with Gasteiger partial charge in [-0.2, -0.15) is 0 Å². The van der Waals surface area contributed by atoms with Crippen LogP contribution in [0.15, 0.2) is 23.1 Å². The highest BCUT2D eigenvalue weighted by molar-refractivity contribution is 5.92. The van der Waals surface area contributed by atoms with E-state index in [1.807, 2.05) is 6.92 Å². The van der Waals surface area contributed by atoms with Gasteiger partial charge in [0.25, 0.3) is 5.56 Å². The number of amides is 1. The molecule has 3 N–H and O–H groups in total. The van der Waals surface area contributed by atoms with Crippen LogP contribution >= 0.6 is 0 Å². The summed E-state index contributed by atoms with van der Waals surface area (Å²) in [4.78, 5) is 23.5. The highest BCUT2D eigenvalue weighted by Crippen LogP contribution is 2.13. The largest absolute Gasteiger partial charge is 0.330 e. The van der Waals surface area contributed by atoms with Crippen LogP contribution in [0.3, 0.4) is 0 Å². The second-order valence-electron chi connectivity index (χ2n) is 5.09. The standard InChI is InChI=1S/C14H23N3O2/c1-4-17-9-12(5-6-13(17)18)16-14(19)11(8-15)7-10(2)3/h5-6,9-11H,4,7-8,15H2,1-3H3,(H,16,19). The molecule has 0 radical (unpaired) electrons. The van der Waals surface area contributed by atoms with E-state index in [1.165, 1.54) is 6.07 Å². The van der Waals surface area contributed by atoms with Gasteiger partial charge in [0.1, 0.15) is 0 Å². The fraction of sp³-hybridized carbons (Fsp3) is 0.571. The van der Waals surface area contributed by atoms with Crippen molar-refractivity contribution in [1.29, 1.82) is 0 Å². The van der Waals surface area contributed by atoms with E-state index in [-0.39, 0.29) is 17.4 Å². The maximum absolute atomic E-state index is 12.1. The number of carbonyl (C=O) groups is 1. The molecule has 1 aromatic rings. The van der Waals surface area contributed by atoms with E-state index in [0.717, 1.165) is 6.42 Å². The highest BCUT2D eigenvalue weighted by Gasteiger charge is 2.18. The van der Waals surface area contributed by atoms with Crippen molar-refractivity contribution < 1.29 is 4.79 Å². The maximum Gasteiger partial charge on any atom is 0.250 e. The van der Waals surface area contributed by atoms with Crippen molar-refractivity contribution in [2.75, 3.05) is 11.9 Å². The Labute approximate surface area is 113 Å². The molecule has 0 spiro atoms. The van der Waals surface area contributed by atoms with Crippen molar-refractivity contribution in [2.24, 2.45) is 17.6 Å². The van der Waals surface area contributed by atoms with Crippen LogP contribution in [0.5, 0.6) is 0 Å². The fourth-order valence-corrected chi connectivity index (χ4v) is 1.98. The van der Waals surface area contributed by atoms with Gasteiger partial charge in [-0.05, 0) is 25.3 Å². The number of hydrogen-bond donors (Lipinski definition) is 2. The van der Waals surface area contributed by atoms with Gasteiger partial charge in [-0.25, -0.2) is 0 Å². The molecule has 1 unspecified atom stereocenters. The maximum atomic E-state index is 12.1. The number of aryl methyl sites for hydroxylation is 1. The Kier molecular flexibility index (Phi) is 5.76. The Morgan fingerprint density at radius 1 is 1.42 bits per heavy atom. The number of anilines is 1. The van der Waals surface area contributed by atoms with E-state index in [0.29, 0.717) is 24.7 Å². The quantitative estimate of drug-likeness (QED) is 0.816. The van der Waals surface area contributed by atoms with Crippen LogP contribution in [0.4, 0.5) is 5.69 Å². The van der Waals surface area contributed by atoms with Gasteiger partial charge in [-0.3, -0.25) is 9.59 Å². The van der Waals surface area contributed by atoms with E-state index in [4.69, 9.17) is 5.73 Å². The molecule has 0 saturated heterocycles. The Morgan fingerprint density at radius 2 is 2.11 bits per heavy atom. The Morgan fingerprint density at radius 3 is 2.63 bits per heavy atom. The van der Waals surface area contributed by atoms with Crippen molar-refractivity contribution in [1.82, 2.24) is 4.57 Å². The third kappa shape index (κ3) is 4.52. The van der Waals surface area contributed by atoms with E-state index < -0.39 is 0 Å². The third-order valence-corrected chi connectivity index (χ3v) is 3.00. The number of nitrogens with one attached hydrogen (secondary N) is 1. The summed E-state index contributed by atoms with van der Waals surface area (Å²) in [5, 5.41) is 2.82. The molecule has 0 aromatic carbocycles. The van der Waals surface area contributed by atoms with E-state index in [2.05, 4.69) is 19.2 Å². The molecule has 1 aromatic heterocycles. The zero-order chi connectivity index (χ0) is 14.4. The lowest BCUT2D eigenvalue weighted by Crippen LogP contribution is -2.31. The molecule has 0 aliphatic carbocycles. The monoisotopic (exact) mass is 265 g/mol. The molecule has 1 rings (SSSR count). The number of rotatable bonds is 6. The van der Waals surface area contributed by atoms with Gasteiger partial charge in [-0.15, -0.1) is 0 Å². The minimum absolute atomic E-state index is 0.0712. The average Bonchev–Trinajstić information content (AvgIpc) is 2.37. The van der Waals surface area contributed by atoms with Gasteiger partial charge in [0.2, 0.25) is 5.91 Å². The van der Waals surface area contributed by atoms with E-state index in [1.54, 1.807) is 16.8 Å². The lowest BCUT2D eigenvalue weighted by atomic mass is 9.96.